The Morgan fingerprint density at radius 3 is 2.69 bits per heavy atom. The summed E-state index contributed by atoms with van der Waals surface area (Å²) in [6.45, 7) is 1.14. The summed E-state index contributed by atoms with van der Waals surface area (Å²) in [5.41, 5.74) is 0.489. The number of alkyl halides is 3. The van der Waals surface area contributed by atoms with Crippen molar-refractivity contribution in [2.24, 2.45) is 0 Å². The summed E-state index contributed by atoms with van der Waals surface area (Å²) in [4.78, 5) is 14.5. The van der Waals surface area contributed by atoms with Crippen LogP contribution in [0.5, 0.6) is 11.5 Å². The molecule has 0 saturated carbocycles. The van der Waals surface area contributed by atoms with E-state index in [0.29, 0.717) is 53.7 Å². The second kappa shape index (κ2) is 9.84. The van der Waals surface area contributed by atoms with Crippen molar-refractivity contribution in [2.45, 2.75) is 30.7 Å². The minimum atomic E-state index is -4.04. The second-order valence-electron chi connectivity index (χ2n) is 8.94. The molecule has 1 amide bonds. The standard InChI is InChI=1S/C25H24ClF3N2O5/c26-16-2-4-19-15(9-16)11-22(36-19)25(28,29)24(33)30-18(13-31-6-5-17(27)12-31)23(32)14-1-3-20-21(10-14)35-8-7-34-20/h1-4,9-11,17-18,23,32H,5-8,12-13H2,(H,30,33)/t17-,18?,23?/m1/s1. The molecule has 2 aromatic carbocycles. The number of halogens is 4. The van der Waals surface area contributed by atoms with Crippen LogP contribution in [0.3, 0.4) is 0 Å². The van der Waals surface area contributed by atoms with Crippen LogP contribution >= 0.6 is 11.6 Å². The molecule has 2 aliphatic rings. The fourth-order valence-electron chi connectivity index (χ4n) is 4.47. The molecule has 3 heterocycles. The van der Waals surface area contributed by atoms with Crippen LogP contribution in [0.2, 0.25) is 5.02 Å². The molecular formula is C25H24ClF3N2O5. The normalized spacial score (nSPS) is 19.9. The Morgan fingerprint density at radius 1 is 1.17 bits per heavy atom. The minimum Gasteiger partial charge on any atom is -0.486 e. The molecule has 2 unspecified atom stereocenters. The van der Waals surface area contributed by atoms with E-state index in [0.717, 1.165) is 6.07 Å². The number of carbonyl (C=O) groups is 1. The first kappa shape index (κ1) is 24.7. The molecule has 0 aliphatic carbocycles. The lowest BCUT2D eigenvalue weighted by Crippen LogP contribution is -2.51. The molecule has 0 bridgehead atoms. The molecule has 2 N–H and O–H groups in total. The van der Waals surface area contributed by atoms with Gasteiger partial charge in [0.2, 0.25) is 0 Å². The summed E-state index contributed by atoms with van der Waals surface area (Å²) in [5.74, 6) is -5.64. The molecule has 0 spiro atoms. The van der Waals surface area contributed by atoms with Crippen molar-refractivity contribution in [3.8, 4) is 11.5 Å². The molecule has 2 aliphatic heterocycles. The average molecular weight is 525 g/mol. The molecule has 36 heavy (non-hydrogen) atoms. The van der Waals surface area contributed by atoms with Crippen molar-refractivity contribution < 1.29 is 37.0 Å². The molecule has 3 aromatic rings. The number of benzene rings is 2. The second-order valence-corrected chi connectivity index (χ2v) is 9.38. The van der Waals surface area contributed by atoms with Gasteiger partial charge in [-0.05, 0) is 48.4 Å². The third-order valence-electron chi connectivity index (χ3n) is 6.35. The Bertz CT molecular complexity index is 1270. The number of aliphatic hydroxyl groups excluding tert-OH is 1. The number of likely N-dealkylation sites (tertiary alicyclic amines) is 1. The van der Waals surface area contributed by atoms with Crippen LogP contribution in [0.1, 0.15) is 23.8 Å². The minimum absolute atomic E-state index is 0.0341. The van der Waals surface area contributed by atoms with Crippen LogP contribution < -0.4 is 14.8 Å². The van der Waals surface area contributed by atoms with Crippen molar-refractivity contribution in [3.63, 3.8) is 0 Å². The van der Waals surface area contributed by atoms with Crippen LogP contribution in [0.25, 0.3) is 11.0 Å². The molecule has 192 valence electrons. The Labute approximate surface area is 209 Å². The van der Waals surface area contributed by atoms with Gasteiger partial charge < -0.3 is 24.3 Å². The number of nitrogens with one attached hydrogen (secondary N) is 1. The smallest absolute Gasteiger partial charge is 0.380 e. The molecule has 3 atom stereocenters. The van der Waals surface area contributed by atoms with Gasteiger partial charge in [-0.1, -0.05) is 17.7 Å². The highest BCUT2D eigenvalue weighted by Crippen LogP contribution is 2.36. The zero-order chi connectivity index (χ0) is 25.4. The van der Waals surface area contributed by atoms with Gasteiger partial charge >= 0.3 is 5.92 Å². The van der Waals surface area contributed by atoms with E-state index in [1.54, 1.807) is 23.1 Å². The van der Waals surface area contributed by atoms with Crippen molar-refractivity contribution in [1.82, 2.24) is 10.2 Å². The summed E-state index contributed by atoms with van der Waals surface area (Å²) in [7, 11) is 0. The Kier molecular flexibility index (Phi) is 6.76. The van der Waals surface area contributed by atoms with E-state index in [9.17, 15) is 14.3 Å². The van der Waals surface area contributed by atoms with Crippen LogP contribution in [0, 0.1) is 0 Å². The molecule has 5 rings (SSSR count). The van der Waals surface area contributed by atoms with E-state index >= 15 is 8.78 Å². The SMILES string of the molecule is O=C(NC(CN1CC[C@@H](F)C1)C(O)c1ccc2c(c1)OCCO2)C(F)(F)c1cc2cc(Cl)ccc2o1. The van der Waals surface area contributed by atoms with Gasteiger partial charge in [0.15, 0.2) is 17.3 Å². The highest BCUT2D eigenvalue weighted by atomic mass is 35.5. The number of nitrogens with zero attached hydrogens (tertiary/aromatic N) is 1. The van der Waals surface area contributed by atoms with E-state index in [1.807, 2.05) is 0 Å². The van der Waals surface area contributed by atoms with E-state index in [-0.39, 0.29) is 18.7 Å². The molecule has 1 saturated heterocycles. The molecule has 11 heteroatoms. The number of amides is 1. The number of hydrogen-bond donors (Lipinski definition) is 2. The number of rotatable bonds is 7. The van der Waals surface area contributed by atoms with Crippen LogP contribution in [0.4, 0.5) is 13.2 Å². The number of fused-ring (bicyclic) bond motifs is 2. The number of ether oxygens (including phenoxy) is 2. The van der Waals surface area contributed by atoms with Gasteiger partial charge in [0.1, 0.15) is 31.1 Å². The summed E-state index contributed by atoms with van der Waals surface area (Å²) < 4.78 is 60.4. The van der Waals surface area contributed by atoms with Crippen molar-refractivity contribution in [1.29, 1.82) is 0 Å². The average Bonchev–Trinajstić information content (AvgIpc) is 3.48. The zero-order valence-electron chi connectivity index (χ0n) is 19.1. The quantitative estimate of drug-likeness (QED) is 0.482. The summed E-state index contributed by atoms with van der Waals surface area (Å²) in [5, 5.41) is 14.1. The zero-order valence-corrected chi connectivity index (χ0v) is 19.8. The first-order chi connectivity index (χ1) is 17.2. The maximum absolute atomic E-state index is 15.2. The van der Waals surface area contributed by atoms with Gasteiger partial charge in [-0.3, -0.25) is 9.69 Å². The lowest BCUT2D eigenvalue weighted by molar-refractivity contribution is -0.151. The van der Waals surface area contributed by atoms with E-state index in [1.165, 1.54) is 18.2 Å². The fourth-order valence-corrected chi connectivity index (χ4v) is 4.65. The van der Waals surface area contributed by atoms with E-state index < -0.39 is 35.9 Å². The number of hydrogen-bond acceptors (Lipinski definition) is 6. The Morgan fingerprint density at radius 2 is 1.94 bits per heavy atom. The maximum atomic E-state index is 15.2. The van der Waals surface area contributed by atoms with Crippen molar-refractivity contribution >= 4 is 28.5 Å². The lowest BCUT2D eigenvalue weighted by atomic mass is 10.0. The van der Waals surface area contributed by atoms with Crippen molar-refractivity contribution in [2.75, 3.05) is 32.8 Å². The topological polar surface area (TPSA) is 84.2 Å². The third kappa shape index (κ3) is 4.98. The maximum Gasteiger partial charge on any atom is 0.380 e. The summed E-state index contributed by atoms with van der Waals surface area (Å²) in [6, 6.07) is 8.98. The number of aliphatic hydroxyl groups is 1. The van der Waals surface area contributed by atoms with Gasteiger partial charge in [-0.15, -0.1) is 0 Å². The number of furan rings is 1. The van der Waals surface area contributed by atoms with Crippen molar-refractivity contribution in [3.05, 3.63) is 58.8 Å². The molecular weight excluding hydrogens is 501 g/mol. The van der Waals surface area contributed by atoms with Gasteiger partial charge in [-0.2, -0.15) is 8.78 Å². The molecule has 7 nitrogen and oxygen atoms in total. The summed E-state index contributed by atoms with van der Waals surface area (Å²) >= 11 is 5.92. The first-order valence-corrected chi connectivity index (χ1v) is 11.9. The predicted octanol–water partition coefficient (Wildman–Crippen LogP) is 4.21. The Balaban J connectivity index is 1.39. The molecule has 1 aromatic heterocycles. The van der Waals surface area contributed by atoms with Gasteiger partial charge in [0.25, 0.3) is 5.91 Å². The van der Waals surface area contributed by atoms with Crippen LogP contribution in [-0.4, -0.2) is 61.0 Å². The fraction of sp³-hybridized carbons (Fsp3) is 0.400. The van der Waals surface area contributed by atoms with Gasteiger partial charge in [-0.25, -0.2) is 4.39 Å². The largest absolute Gasteiger partial charge is 0.486 e. The third-order valence-corrected chi connectivity index (χ3v) is 6.58. The van der Waals surface area contributed by atoms with Crippen LogP contribution in [0.15, 0.2) is 46.9 Å². The van der Waals surface area contributed by atoms with Gasteiger partial charge in [0.05, 0.1) is 6.04 Å². The monoisotopic (exact) mass is 524 g/mol. The van der Waals surface area contributed by atoms with Gasteiger partial charge in [0, 0.05) is 30.0 Å². The Hall–Kier alpha value is -2.95. The summed E-state index contributed by atoms with van der Waals surface area (Å²) in [6.07, 6.45) is -2.15. The lowest BCUT2D eigenvalue weighted by Gasteiger charge is -2.30. The predicted molar refractivity (Wildman–Crippen MR) is 125 cm³/mol. The highest BCUT2D eigenvalue weighted by Gasteiger charge is 2.46. The molecule has 0 radical (unpaired) electrons. The highest BCUT2D eigenvalue weighted by molar-refractivity contribution is 6.31. The molecule has 1 fully saturated rings. The van der Waals surface area contributed by atoms with E-state index in [4.69, 9.17) is 25.5 Å². The van der Waals surface area contributed by atoms with Crippen LogP contribution in [-0.2, 0) is 10.7 Å². The number of carbonyl (C=O) groups excluding carboxylic acids is 1. The van der Waals surface area contributed by atoms with E-state index in [2.05, 4.69) is 5.32 Å². The first-order valence-electron chi connectivity index (χ1n) is 11.5.